The topological polar surface area (TPSA) is 78.4 Å². The third-order valence-corrected chi connectivity index (χ3v) is 3.11. The smallest absolute Gasteiger partial charge is 0.320 e. The van der Waals surface area contributed by atoms with Crippen LogP contribution in [0.5, 0.6) is 0 Å². The van der Waals surface area contributed by atoms with Crippen molar-refractivity contribution in [3.63, 3.8) is 0 Å². The van der Waals surface area contributed by atoms with Crippen LogP contribution in [-0.2, 0) is 9.59 Å². The average Bonchev–Trinajstić information content (AvgIpc) is 2.70. The summed E-state index contributed by atoms with van der Waals surface area (Å²) in [6.45, 7) is 7.03. The molecule has 0 spiro atoms. The van der Waals surface area contributed by atoms with E-state index in [1.54, 1.807) is 6.08 Å². The Labute approximate surface area is 107 Å². The maximum atomic E-state index is 11.1. The summed E-state index contributed by atoms with van der Waals surface area (Å²) < 4.78 is 0. The number of allylic oxidation sites excluding steroid dienone is 1. The summed E-state index contributed by atoms with van der Waals surface area (Å²) in [5.41, 5.74) is 0. The maximum absolute atomic E-state index is 11.1. The molecular formula is C13H20N2O3. The van der Waals surface area contributed by atoms with Crippen LogP contribution < -0.4 is 10.6 Å². The second kappa shape index (κ2) is 6.35. The highest BCUT2D eigenvalue weighted by Crippen LogP contribution is 2.25. The molecule has 1 fully saturated rings. The summed E-state index contributed by atoms with van der Waals surface area (Å²) in [7, 11) is 0. The number of carboxylic acids is 1. The number of carbonyl (C=O) groups excluding carboxylic acids is 1. The van der Waals surface area contributed by atoms with Gasteiger partial charge < -0.3 is 10.4 Å². The Bertz CT molecular complexity index is 365. The van der Waals surface area contributed by atoms with Gasteiger partial charge in [0.05, 0.1) is 6.04 Å². The normalized spacial score (nSPS) is 29.1. The summed E-state index contributed by atoms with van der Waals surface area (Å²) >= 11 is 0. The molecule has 5 heteroatoms. The van der Waals surface area contributed by atoms with Crippen molar-refractivity contribution in [3.8, 4) is 0 Å². The van der Waals surface area contributed by atoms with Crippen LogP contribution in [-0.4, -0.2) is 35.1 Å². The molecule has 3 N–H and O–H groups in total. The van der Waals surface area contributed by atoms with Crippen LogP contribution in [0.2, 0.25) is 0 Å². The van der Waals surface area contributed by atoms with Crippen LogP contribution in [0.25, 0.3) is 0 Å². The van der Waals surface area contributed by atoms with Gasteiger partial charge in [-0.1, -0.05) is 18.2 Å². The van der Waals surface area contributed by atoms with E-state index in [0.29, 0.717) is 6.42 Å². The van der Waals surface area contributed by atoms with Gasteiger partial charge in [-0.25, -0.2) is 0 Å². The number of carbonyl (C=O) groups is 2. The largest absolute Gasteiger partial charge is 0.480 e. The minimum absolute atomic E-state index is 0.0750. The Morgan fingerprint density at radius 1 is 1.56 bits per heavy atom. The molecule has 1 saturated heterocycles. The highest BCUT2D eigenvalue weighted by atomic mass is 16.4. The molecule has 0 aliphatic carbocycles. The average molecular weight is 252 g/mol. The molecule has 1 rings (SSSR count). The van der Waals surface area contributed by atoms with Crippen LogP contribution in [0.1, 0.15) is 20.3 Å². The summed E-state index contributed by atoms with van der Waals surface area (Å²) in [5.74, 6) is -0.941. The second-order valence-corrected chi connectivity index (χ2v) is 4.47. The number of hydrogen-bond donors (Lipinski definition) is 3. The Hall–Kier alpha value is -1.62. The van der Waals surface area contributed by atoms with Gasteiger partial charge in [-0.2, -0.15) is 0 Å². The lowest BCUT2D eigenvalue weighted by molar-refractivity contribution is -0.139. The number of nitrogens with one attached hydrogen (secondary N) is 2. The van der Waals surface area contributed by atoms with Gasteiger partial charge in [0.2, 0.25) is 5.91 Å². The Balaban J connectivity index is 2.84. The van der Waals surface area contributed by atoms with Crippen LogP contribution in [0, 0.1) is 5.92 Å². The minimum Gasteiger partial charge on any atom is -0.480 e. The SMILES string of the molecule is C=C[C@H](NC(C)=O)C1N[C@@H](C(=O)O)C[C@H]1/C=C\C. The molecule has 1 amide bonds. The fourth-order valence-corrected chi connectivity index (χ4v) is 2.36. The molecule has 4 atom stereocenters. The van der Waals surface area contributed by atoms with Crippen molar-refractivity contribution >= 4 is 11.9 Å². The number of aliphatic carboxylic acids is 1. The molecule has 18 heavy (non-hydrogen) atoms. The molecule has 1 aliphatic heterocycles. The van der Waals surface area contributed by atoms with Gasteiger partial charge in [-0.05, 0) is 19.3 Å². The van der Waals surface area contributed by atoms with Crippen molar-refractivity contribution in [1.29, 1.82) is 0 Å². The third-order valence-electron chi connectivity index (χ3n) is 3.11. The fraction of sp³-hybridized carbons (Fsp3) is 0.538. The lowest BCUT2D eigenvalue weighted by Crippen LogP contribution is -2.50. The quantitative estimate of drug-likeness (QED) is 0.629. The first kappa shape index (κ1) is 14.4. The van der Waals surface area contributed by atoms with E-state index in [2.05, 4.69) is 17.2 Å². The van der Waals surface area contributed by atoms with Crippen LogP contribution >= 0.6 is 0 Å². The lowest BCUT2D eigenvalue weighted by atomic mass is 9.93. The molecule has 0 aromatic rings. The molecule has 0 radical (unpaired) electrons. The van der Waals surface area contributed by atoms with E-state index in [-0.39, 0.29) is 23.9 Å². The molecule has 0 aromatic carbocycles. The van der Waals surface area contributed by atoms with E-state index in [1.807, 2.05) is 19.1 Å². The number of hydrogen-bond acceptors (Lipinski definition) is 3. The Morgan fingerprint density at radius 2 is 2.22 bits per heavy atom. The predicted molar refractivity (Wildman–Crippen MR) is 69.1 cm³/mol. The van der Waals surface area contributed by atoms with E-state index in [1.165, 1.54) is 6.92 Å². The predicted octanol–water partition coefficient (Wildman–Crippen LogP) is 0.684. The van der Waals surface area contributed by atoms with Gasteiger partial charge in [0.15, 0.2) is 0 Å². The van der Waals surface area contributed by atoms with Gasteiger partial charge in [-0.3, -0.25) is 14.9 Å². The summed E-state index contributed by atoms with van der Waals surface area (Å²) in [6.07, 6.45) is 6.03. The first-order chi connectivity index (χ1) is 8.49. The molecule has 1 unspecified atom stereocenters. The van der Waals surface area contributed by atoms with E-state index >= 15 is 0 Å². The van der Waals surface area contributed by atoms with Crippen molar-refractivity contribution in [2.45, 2.75) is 38.4 Å². The highest BCUT2D eigenvalue weighted by molar-refractivity contribution is 5.75. The zero-order valence-electron chi connectivity index (χ0n) is 10.7. The van der Waals surface area contributed by atoms with E-state index in [9.17, 15) is 9.59 Å². The number of rotatable bonds is 5. The molecule has 1 aliphatic rings. The van der Waals surface area contributed by atoms with Gasteiger partial charge in [0.1, 0.15) is 6.04 Å². The Kier molecular flexibility index (Phi) is 5.09. The molecule has 0 aromatic heterocycles. The fourth-order valence-electron chi connectivity index (χ4n) is 2.36. The van der Waals surface area contributed by atoms with Crippen LogP contribution in [0.15, 0.2) is 24.8 Å². The first-order valence-electron chi connectivity index (χ1n) is 6.01. The van der Waals surface area contributed by atoms with E-state index in [0.717, 1.165) is 0 Å². The summed E-state index contributed by atoms with van der Waals surface area (Å²) in [4.78, 5) is 22.2. The second-order valence-electron chi connectivity index (χ2n) is 4.47. The van der Waals surface area contributed by atoms with E-state index < -0.39 is 12.0 Å². The maximum Gasteiger partial charge on any atom is 0.320 e. The third kappa shape index (κ3) is 3.43. The minimum atomic E-state index is -0.863. The zero-order valence-corrected chi connectivity index (χ0v) is 10.7. The van der Waals surface area contributed by atoms with Crippen molar-refractivity contribution in [3.05, 3.63) is 24.8 Å². The van der Waals surface area contributed by atoms with Crippen LogP contribution in [0.4, 0.5) is 0 Å². The lowest BCUT2D eigenvalue weighted by Gasteiger charge is -2.25. The van der Waals surface area contributed by atoms with E-state index in [4.69, 9.17) is 5.11 Å². The number of carboxylic acid groups (broad SMARTS) is 1. The molecule has 0 bridgehead atoms. The van der Waals surface area contributed by atoms with Crippen molar-refractivity contribution in [2.24, 2.45) is 5.92 Å². The molecule has 0 saturated carbocycles. The van der Waals surface area contributed by atoms with Crippen LogP contribution in [0.3, 0.4) is 0 Å². The molecule has 5 nitrogen and oxygen atoms in total. The molecule has 1 heterocycles. The van der Waals surface area contributed by atoms with Crippen molar-refractivity contribution in [1.82, 2.24) is 10.6 Å². The first-order valence-corrected chi connectivity index (χ1v) is 6.01. The highest BCUT2D eigenvalue weighted by Gasteiger charge is 2.39. The van der Waals surface area contributed by atoms with Crippen molar-refractivity contribution in [2.75, 3.05) is 0 Å². The molecular weight excluding hydrogens is 232 g/mol. The number of amides is 1. The standard InChI is InChI=1S/C13H20N2O3/c1-4-6-9-7-11(13(17)18)15-12(9)10(5-2)14-8(3)16/h4-6,9-12,15H,2,7H2,1,3H3,(H,14,16)(H,17,18)/b6-4-/t9-,10+,11-,12?/m1/s1. The Morgan fingerprint density at radius 3 is 2.67 bits per heavy atom. The monoisotopic (exact) mass is 252 g/mol. The van der Waals surface area contributed by atoms with Gasteiger partial charge in [-0.15, -0.1) is 6.58 Å². The van der Waals surface area contributed by atoms with Gasteiger partial charge in [0.25, 0.3) is 0 Å². The van der Waals surface area contributed by atoms with Gasteiger partial charge >= 0.3 is 5.97 Å². The molecule has 100 valence electrons. The summed E-state index contributed by atoms with van der Waals surface area (Å²) in [5, 5.41) is 14.9. The zero-order chi connectivity index (χ0) is 13.7. The van der Waals surface area contributed by atoms with Gasteiger partial charge in [0, 0.05) is 13.0 Å². The summed E-state index contributed by atoms with van der Waals surface area (Å²) in [6, 6.07) is -0.982. The van der Waals surface area contributed by atoms with Crippen molar-refractivity contribution < 1.29 is 14.7 Å².